The van der Waals surface area contributed by atoms with E-state index >= 15 is 0 Å². The quantitative estimate of drug-likeness (QED) is 0.642. The minimum absolute atomic E-state index is 0.0234. The third-order valence-corrected chi connectivity index (χ3v) is 4.41. The Morgan fingerprint density at radius 2 is 1.79 bits per heavy atom. The first kappa shape index (κ1) is 12.6. The highest BCUT2D eigenvalue weighted by Crippen LogP contribution is 2.42. The lowest BCUT2D eigenvalue weighted by molar-refractivity contribution is 0.0408. The summed E-state index contributed by atoms with van der Waals surface area (Å²) in [5, 5.41) is 0. The summed E-state index contributed by atoms with van der Waals surface area (Å²) in [6.07, 6.45) is 5.19. The third-order valence-electron chi connectivity index (χ3n) is 3.35. The zero-order valence-electron chi connectivity index (χ0n) is 8.90. The van der Waals surface area contributed by atoms with Crippen molar-refractivity contribution in [1.29, 1.82) is 0 Å². The molecule has 1 aliphatic rings. The Morgan fingerprint density at radius 3 is 2.21 bits per heavy atom. The Hall–Kier alpha value is 0.540. The van der Waals surface area contributed by atoms with Crippen molar-refractivity contribution in [2.75, 3.05) is 25.0 Å². The van der Waals surface area contributed by atoms with Gasteiger partial charge in [0, 0.05) is 23.8 Å². The van der Waals surface area contributed by atoms with Crippen molar-refractivity contribution in [2.45, 2.75) is 32.6 Å². The van der Waals surface area contributed by atoms with Crippen LogP contribution in [-0.2, 0) is 4.74 Å². The predicted molar refractivity (Wildman–Crippen MR) is 62.3 cm³/mol. The minimum Gasteiger partial charge on any atom is -0.381 e. The number of ether oxygens (including phenoxy) is 1. The Kier molecular flexibility index (Phi) is 5.58. The molecule has 0 amide bonds. The first-order valence-corrected chi connectivity index (χ1v) is 6.55. The molecule has 0 atom stereocenters. The first-order valence-electron chi connectivity index (χ1n) is 5.48. The van der Waals surface area contributed by atoms with E-state index < -0.39 is 0 Å². The van der Waals surface area contributed by atoms with Gasteiger partial charge in [-0.05, 0) is 25.7 Å². The molecule has 0 aromatic heterocycles. The molecule has 3 heteroatoms. The fourth-order valence-corrected chi connectivity index (χ4v) is 3.17. The molecule has 0 aromatic rings. The highest BCUT2D eigenvalue weighted by molar-refractivity contribution is 6.21. The zero-order chi connectivity index (χ0) is 10.4. The average Bonchev–Trinajstić information content (AvgIpc) is 2.74. The lowest BCUT2D eigenvalue weighted by atomic mass is 9.78. The largest absolute Gasteiger partial charge is 0.381 e. The van der Waals surface area contributed by atoms with Crippen molar-refractivity contribution in [3.05, 3.63) is 0 Å². The average molecular weight is 239 g/mol. The van der Waals surface area contributed by atoms with E-state index in [-0.39, 0.29) is 5.41 Å². The molecule has 1 rings (SSSR count). The van der Waals surface area contributed by atoms with Crippen LogP contribution in [0, 0.1) is 11.3 Å². The van der Waals surface area contributed by atoms with Gasteiger partial charge in [0.25, 0.3) is 0 Å². The summed E-state index contributed by atoms with van der Waals surface area (Å²) >= 11 is 12.2. The van der Waals surface area contributed by atoms with Crippen LogP contribution in [0.4, 0.5) is 0 Å². The Balaban J connectivity index is 2.57. The molecule has 0 heterocycles. The molecule has 0 unspecified atom stereocenters. The van der Waals surface area contributed by atoms with Crippen LogP contribution >= 0.6 is 23.2 Å². The van der Waals surface area contributed by atoms with Gasteiger partial charge < -0.3 is 4.74 Å². The van der Waals surface area contributed by atoms with E-state index in [2.05, 4.69) is 0 Å². The summed E-state index contributed by atoms with van der Waals surface area (Å²) in [4.78, 5) is 0. The maximum atomic E-state index is 6.08. The van der Waals surface area contributed by atoms with Crippen molar-refractivity contribution in [1.82, 2.24) is 0 Å². The summed E-state index contributed by atoms with van der Waals surface area (Å²) in [6.45, 7) is 3.49. The molecule has 1 nitrogen and oxygen atoms in total. The summed E-state index contributed by atoms with van der Waals surface area (Å²) in [5.74, 6) is 1.92. The van der Waals surface area contributed by atoms with Crippen LogP contribution in [0.1, 0.15) is 32.6 Å². The molecule has 0 aromatic carbocycles. The highest BCUT2D eigenvalue weighted by atomic mass is 35.5. The minimum atomic E-state index is 0.0234. The van der Waals surface area contributed by atoms with Gasteiger partial charge in [0.1, 0.15) is 0 Å². The molecule has 0 radical (unpaired) electrons. The fourth-order valence-electron chi connectivity index (χ4n) is 2.29. The lowest BCUT2D eigenvalue weighted by Gasteiger charge is -2.35. The summed E-state index contributed by atoms with van der Waals surface area (Å²) in [5.41, 5.74) is 0.0234. The van der Waals surface area contributed by atoms with Crippen molar-refractivity contribution >= 4 is 23.2 Å². The molecular formula is C11H20Cl2O. The summed E-state index contributed by atoms with van der Waals surface area (Å²) in [7, 11) is 0. The van der Waals surface area contributed by atoms with Gasteiger partial charge in [-0.3, -0.25) is 0 Å². The fraction of sp³-hybridized carbons (Fsp3) is 1.00. The predicted octanol–water partition coefficient (Wildman–Crippen LogP) is 3.68. The molecular weight excluding hydrogens is 219 g/mol. The highest BCUT2D eigenvalue weighted by Gasteiger charge is 2.39. The molecule has 1 fully saturated rings. The van der Waals surface area contributed by atoms with E-state index in [4.69, 9.17) is 27.9 Å². The second-order valence-electron chi connectivity index (χ2n) is 4.25. The smallest absolute Gasteiger partial charge is 0.0547 e. The van der Waals surface area contributed by atoms with Crippen molar-refractivity contribution in [3.8, 4) is 0 Å². The van der Waals surface area contributed by atoms with Crippen LogP contribution in [0.15, 0.2) is 0 Å². The number of alkyl halides is 2. The number of halogens is 2. The van der Waals surface area contributed by atoms with Gasteiger partial charge in [-0.15, -0.1) is 23.2 Å². The van der Waals surface area contributed by atoms with E-state index in [1.807, 2.05) is 6.92 Å². The molecule has 84 valence electrons. The molecule has 0 spiro atoms. The van der Waals surface area contributed by atoms with Gasteiger partial charge in [0.2, 0.25) is 0 Å². The van der Waals surface area contributed by atoms with Gasteiger partial charge in [0.15, 0.2) is 0 Å². The monoisotopic (exact) mass is 238 g/mol. The van der Waals surface area contributed by atoms with E-state index in [9.17, 15) is 0 Å². The van der Waals surface area contributed by atoms with Gasteiger partial charge in [-0.2, -0.15) is 0 Å². The molecule has 0 N–H and O–H groups in total. The molecule has 1 aliphatic carbocycles. The van der Waals surface area contributed by atoms with Crippen LogP contribution in [0.2, 0.25) is 0 Å². The van der Waals surface area contributed by atoms with E-state index in [1.54, 1.807) is 0 Å². The number of hydrogen-bond acceptors (Lipinski definition) is 1. The maximum Gasteiger partial charge on any atom is 0.0547 e. The van der Waals surface area contributed by atoms with Crippen LogP contribution in [-0.4, -0.2) is 25.0 Å². The van der Waals surface area contributed by atoms with Crippen LogP contribution in [0.25, 0.3) is 0 Å². The second kappa shape index (κ2) is 6.19. The summed E-state index contributed by atoms with van der Waals surface area (Å²) < 4.78 is 5.52. The lowest BCUT2D eigenvalue weighted by Crippen LogP contribution is -2.38. The Labute approximate surface area is 97.1 Å². The maximum absolute atomic E-state index is 6.08. The topological polar surface area (TPSA) is 9.23 Å². The number of hydrogen-bond donors (Lipinski definition) is 0. The number of rotatable bonds is 6. The van der Waals surface area contributed by atoms with Gasteiger partial charge >= 0.3 is 0 Å². The van der Waals surface area contributed by atoms with E-state index in [1.165, 1.54) is 25.7 Å². The van der Waals surface area contributed by atoms with Crippen LogP contribution in [0.5, 0.6) is 0 Å². The van der Waals surface area contributed by atoms with Crippen molar-refractivity contribution in [3.63, 3.8) is 0 Å². The van der Waals surface area contributed by atoms with Crippen LogP contribution < -0.4 is 0 Å². The summed E-state index contributed by atoms with van der Waals surface area (Å²) in [6, 6.07) is 0. The first-order chi connectivity index (χ1) is 6.79. The second-order valence-corrected chi connectivity index (χ2v) is 4.78. The SMILES string of the molecule is CCOCC(CCl)(CCl)C1CCCC1. The van der Waals surface area contributed by atoms with Gasteiger partial charge in [0.05, 0.1) is 6.61 Å². The van der Waals surface area contributed by atoms with Crippen molar-refractivity contribution < 1.29 is 4.74 Å². The molecule has 0 saturated heterocycles. The standard InChI is InChI=1S/C11H20Cl2O/c1-2-14-9-11(7-12,8-13)10-5-3-4-6-10/h10H,2-9H2,1H3. The zero-order valence-corrected chi connectivity index (χ0v) is 10.4. The molecule has 0 bridgehead atoms. The van der Waals surface area contributed by atoms with Crippen molar-refractivity contribution in [2.24, 2.45) is 11.3 Å². The molecule has 0 aliphatic heterocycles. The van der Waals surface area contributed by atoms with Gasteiger partial charge in [-0.1, -0.05) is 12.8 Å². The van der Waals surface area contributed by atoms with E-state index in [0.29, 0.717) is 17.7 Å². The van der Waals surface area contributed by atoms with Gasteiger partial charge in [-0.25, -0.2) is 0 Å². The van der Waals surface area contributed by atoms with E-state index in [0.717, 1.165) is 13.2 Å². The Bertz CT molecular complexity index is 151. The molecule has 14 heavy (non-hydrogen) atoms. The third kappa shape index (κ3) is 2.77. The molecule has 1 saturated carbocycles. The normalized spacial score (nSPS) is 19.1. The van der Waals surface area contributed by atoms with Crippen LogP contribution in [0.3, 0.4) is 0 Å². The Morgan fingerprint density at radius 1 is 1.21 bits per heavy atom.